The second-order valence-electron chi connectivity index (χ2n) is 2.61. The Morgan fingerprint density at radius 1 is 1.31 bits per heavy atom. The molecule has 2 N–H and O–H groups in total. The van der Waals surface area contributed by atoms with Crippen molar-refractivity contribution >= 4 is 11.9 Å². The fourth-order valence-corrected chi connectivity index (χ4v) is 0.723. The number of carbonyl (C=O) groups excluding carboxylic acids is 2. The zero-order valence-electron chi connectivity index (χ0n) is 7.79. The number of nitrogens with two attached hydrogens (primary N) is 1. The monoisotopic (exact) mass is 185 g/mol. The van der Waals surface area contributed by atoms with E-state index in [1.54, 1.807) is 0 Å². The molecule has 0 aliphatic carbocycles. The van der Waals surface area contributed by atoms with E-state index in [1.807, 2.05) is 0 Å². The third-order valence-electron chi connectivity index (χ3n) is 1.38. The molecule has 4 nitrogen and oxygen atoms in total. The number of hydrogen-bond donors (Lipinski definition) is 1. The largest absolute Gasteiger partial charge is 0.463 e. The smallest absolute Gasteiger partial charge is 0.330 e. The molecule has 1 amide bonds. The Morgan fingerprint density at radius 2 is 2.00 bits per heavy atom. The molecule has 0 saturated carbocycles. The first-order chi connectivity index (χ1) is 6.16. The average Bonchev–Trinajstić information content (AvgIpc) is 2.09. The molecule has 0 aliphatic heterocycles. The van der Waals surface area contributed by atoms with Gasteiger partial charge in [0.1, 0.15) is 0 Å². The quantitative estimate of drug-likeness (QED) is 0.377. The Morgan fingerprint density at radius 3 is 2.54 bits per heavy atom. The summed E-state index contributed by atoms with van der Waals surface area (Å²) >= 11 is 0. The number of ether oxygens (including phenoxy) is 1. The highest BCUT2D eigenvalue weighted by atomic mass is 16.5. The van der Waals surface area contributed by atoms with E-state index in [9.17, 15) is 9.59 Å². The first-order valence-corrected chi connectivity index (χ1v) is 4.31. The Bertz CT molecular complexity index is 199. The molecular formula is C9H15NO3. The van der Waals surface area contributed by atoms with Gasteiger partial charge in [-0.1, -0.05) is 19.8 Å². The fourth-order valence-electron chi connectivity index (χ4n) is 0.723. The summed E-state index contributed by atoms with van der Waals surface area (Å²) in [5.74, 6) is -1.17. The lowest BCUT2D eigenvalue weighted by atomic mass is 10.3. The lowest BCUT2D eigenvalue weighted by Crippen LogP contribution is -2.08. The molecule has 0 radical (unpaired) electrons. The van der Waals surface area contributed by atoms with Crippen LogP contribution >= 0.6 is 0 Å². The zero-order valence-corrected chi connectivity index (χ0v) is 7.79. The van der Waals surface area contributed by atoms with E-state index in [0.29, 0.717) is 6.61 Å². The van der Waals surface area contributed by atoms with Crippen LogP contribution in [0.1, 0.15) is 26.2 Å². The van der Waals surface area contributed by atoms with Crippen molar-refractivity contribution in [2.24, 2.45) is 5.73 Å². The molecule has 0 saturated heterocycles. The lowest BCUT2D eigenvalue weighted by Gasteiger charge is -1.99. The van der Waals surface area contributed by atoms with Gasteiger partial charge in [-0.15, -0.1) is 0 Å². The Balaban J connectivity index is 3.46. The highest BCUT2D eigenvalue weighted by molar-refractivity contribution is 5.93. The molecular weight excluding hydrogens is 170 g/mol. The van der Waals surface area contributed by atoms with Crippen molar-refractivity contribution in [1.82, 2.24) is 0 Å². The van der Waals surface area contributed by atoms with Gasteiger partial charge in [-0.05, 0) is 6.42 Å². The number of carbonyl (C=O) groups is 2. The van der Waals surface area contributed by atoms with Gasteiger partial charge in [-0.3, -0.25) is 4.79 Å². The molecule has 0 aliphatic rings. The molecule has 0 bridgehead atoms. The molecule has 13 heavy (non-hydrogen) atoms. The summed E-state index contributed by atoms with van der Waals surface area (Å²) in [5.41, 5.74) is 4.78. The molecule has 0 rings (SSSR count). The maximum Gasteiger partial charge on any atom is 0.330 e. The summed E-state index contributed by atoms with van der Waals surface area (Å²) in [4.78, 5) is 21.0. The highest BCUT2D eigenvalue weighted by Gasteiger charge is 1.96. The molecule has 0 aromatic heterocycles. The van der Waals surface area contributed by atoms with Crippen molar-refractivity contribution in [2.75, 3.05) is 6.61 Å². The van der Waals surface area contributed by atoms with Crippen LogP contribution in [0.4, 0.5) is 0 Å². The van der Waals surface area contributed by atoms with Crippen molar-refractivity contribution in [3.63, 3.8) is 0 Å². The predicted molar refractivity (Wildman–Crippen MR) is 48.8 cm³/mol. The first kappa shape index (κ1) is 11.7. The van der Waals surface area contributed by atoms with Crippen LogP contribution in [-0.4, -0.2) is 18.5 Å². The highest BCUT2D eigenvalue weighted by Crippen LogP contribution is 1.94. The first-order valence-electron chi connectivity index (χ1n) is 4.31. The van der Waals surface area contributed by atoms with Crippen LogP contribution in [0.3, 0.4) is 0 Å². The Hall–Kier alpha value is -1.32. The third kappa shape index (κ3) is 8.59. The standard InChI is InChI=1S/C9H15NO3/c1-2-3-4-7-13-9(12)6-5-8(10)11/h5-6H,2-4,7H2,1H3,(H2,10,11). The minimum atomic E-state index is -0.648. The van der Waals surface area contributed by atoms with Crippen LogP contribution in [0.15, 0.2) is 12.2 Å². The number of unbranched alkanes of at least 4 members (excludes halogenated alkanes) is 2. The second-order valence-corrected chi connectivity index (χ2v) is 2.61. The van der Waals surface area contributed by atoms with Gasteiger partial charge in [0.25, 0.3) is 0 Å². The molecule has 0 unspecified atom stereocenters. The van der Waals surface area contributed by atoms with E-state index >= 15 is 0 Å². The minimum Gasteiger partial charge on any atom is -0.463 e. The number of esters is 1. The van der Waals surface area contributed by atoms with Crippen LogP contribution < -0.4 is 5.73 Å². The van der Waals surface area contributed by atoms with Gasteiger partial charge in [-0.25, -0.2) is 4.79 Å². The summed E-state index contributed by atoms with van der Waals surface area (Å²) in [5, 5.41) is 0. The van der Waals surface area contributed by atoms with E-state index in [1.165, 1.54) is 0 Å². The van der Waals surface area contributed by atoms with Gasteiger partial charge in [0.05, 0.1) is 6.61 Å². The average molecular weight is 185 g/mol. The summed E-state index contributed by atoms with van der Waals surface area (Å²) in [6.07, 6.45) is 4.99. The predicted octanol–water partition coefficient (Wildman–Crippen LogP) is 0.761. The molecule has 0 aromatic carbocycles. The molecule has 0 atom stereocenters. The van der Waals surface area contributed by atoms with Crippen molar-refractivity contribution in [3.05, 3.63) is 12.2 Å². The van der Waals surface area contributed by atoms with E-state index in [-0.39, 0.29) is 0 Å². The van der Waals surface area contributed by atoms with Gasteiger partial charge in [-0.2, -0.15) is 0 Å². The van der Waals surface area contributed by atoms with Crippen molar-refractivity contribution in [1.29, 1.82) is 0 Å². The lowest BCUT2D eigenvalue weighted by molar-refractivity contribution is -0.138. The Labute approximate surface area is 77.7 Å². The van der Waals surface area contributed by atoms with Crippen LogP contribution in [-0.2, 0) is 14.3 Å². The molecule has 74 valence electrons. The van der Waals surface area contributed by atoms with Gasteiger partial charge in [0, 0.05) is 12.2 Å². The van der Waals surface area contributed by atoms with E-state index < -0.39 is 11.9 Å². The van der Waals surface area contributed by atoms with Gasteiger partial charge >= 0.3 is 5.97 Å². The molecule has 0 fully saturated rings. The van der Waals surface area contributed by atoms with Crippen molar-refractivity contribution in [3.8, 4) is 0 Å². The topological polar surface area (TPSA) is 69.4 Å². The molecule has 0 heterocycles. The third-order valence-corrected chi connectivity index (χ3v) is 1.38. The SMILES string of the molecule is CCCCCOC(=O)C=CC(N)=O. The van der Waals surface area contributed by atoms with E-state index in [0.717, 1.165) is 31.4 Å². The zero-order chi connectivity index (χ0) is 10.1. The van der Waals surface area contributed by atoms with Gasteiger partial charge in [0.15, 0.2) is 0 Å². The van der Waals surface area contributed by atoms with Crippen LogP contribution in [0, 0.1) is 0 Å². The minimum absolute atomic E-state index is 0.399. The fraction of sp³-hybridized carbons (Fsp3) is 0.556. The van der Waals surface area contributed by atoms with Gasteiger partial charge < -0.3 is 10.5 Å². The second kappa shape index (κ2) is 7.34. The van der Waals surface area contributed by atoms with Crippen molar-refractivity contribution < 1.29 is 14.3 Å². The normalized spacial score (nSPS) is 10.2. The van der Waals surface area contributed by atoms with Gasteiger partial charge in [0.2, 0.25) is 5.91 Å². The van der Waals surface area contributed by atoms with E-state index in [4.69, 9.17) is 10.5 Å². The maximum atomic E-state index is 10.8. The summed E-state index contributed by atoms with van der Waals surface area (Å²) < 4.78 is 4.76. The summed E-state index contributed by atoms with van der Waals surface area (Å²) in [6.45, 7) is 2.46. The molecule has 0 aromatic rings. The Kier molecular flexibility index (Phi) is 6.59. The number of rotatable bonds is 6. The summed E-state index contributed by atoms with van der Waals surface area (Å²) in [7, 11) is 0. The summed E-state index contributed by atoms with van der Waals surface area (Å²) in [6, 6.07) is 0. The number of hydrogen-bond acceptors (Lipinski definition) is 3. The van der Waals surface area contributed by atoms with Crippen molar-refractivity contribution in [2.45, 2.75) is 26.2 Å². The van der Waals surface area contributed by atoms with E-state index in [2.05, 4.69) is 6.92 Å². The maximum absolute atomic E-state index is 10.8. The molecule has 0 spiro atoms. The molecule has 4 heteroatoms. The van der Waals surface area contributed by atoms with Crippen LogP contribution in [0.25, 0.3) is 0 Å². The van der Waals surface area contributed by atoms with Crippen LogP contribution in [0.2, 0.25) is 0 Å². The number of primary amides is 1. The van der Waals surface area contributed by atoms with Crippen LogP contribution in [0.5, 0.6) is 0 Å². The number of amides is 1.